The molecule has 3 N–H and O–H groups in total. The van der Waals surface area contributed by atoms with Gasteiger partial charge >= 0.3 is 0 Å². The molecule has 0 fully saturated rings. The van der Waals surface area contributed by atoms with Crippen LogP contribution in [-0.2, 0) is 6.54 Å². The van der Waals surface area contributed by atoms with E-state index in [1.165, 1.54) is 10.9 Å². The van der Waals surface area contributed by atoms with Gasteiger partial charge in [0.15, 0.2) is 0 Å². The summed E-state index contributed by atoms with van der Waals surface area (Å²) in [5.41, 5.74) is 3.37. The number of aliphatic hydroxyl groups excluding tert-OH is 1. The molecule has 3 rings (SSSR count). The lowest BCUT2D eigenvalue weighted by molar-refractivity contribution is 0.175. The summed E-state index contributed by atoms with van der Waals surface area (Å²) in [7, 11) is 0. The number of thiophene rings is 1. The van der Waals surface area contributed by atoms with Gasteiger partial charge in [0.25, 0.3) is 0 Å². The van der Waals surface area contributed by atoms with Crippen LogP contribution >= 0.6 is 11.3 Å². The number of aromatic amines is 1. The van der Waals surface area contributed by atoms with Crippen LogP contribution < -0.4 is 5.32 Å². The SMILES string of the molecule is OC(CNCc1ccc2[nH]ccc2c1)c1ccsc1. The molecule has 2 heterocycles. The molecular formula is C15H16N2OS. The van der Waals surface area contributed by atoms with Crippen LogP contribution in [-0.4, -0.2) is 16.6 Å². The van der Waals surface area contributed by atoms with Crippen LogP contribution in [0.25, 0.3) is 10.9 Å². The average molecular weight is 272 g/mol. The maximum absolute atomic E-state index is 9.97. The largest absolute Gasteiger partial charge is 0.387 e. The molecule has 0 saturated heterocycles. The lowest BCUT2D eigenvalue weighted by Gasteiger charge is -2.10. The highest BCUT2D eigenvalue weighted by Gasteiger charge is 2.07. The summed E-state index contributed by atoms with van der Waals surface area (Å²) in [6, 6.07) is 10.4. The van der Waals surface area contributed by atoms with Crippen molar-refractivity contribution in [2.45, 2.75) is 12.6 Å². The average Bonchev–Trinajstić information content (AvgIpc) is 3.09. The molecule has 1 aromatic carbocycles. The van der Waals surface area contributed by atoms with E-state index in [4.69, 9.17) is 0 Å². The number of nitrogens with one attached hydrogen (secondary N) is 2. The number of hydrogen-bond donors (Lipinski definition) is 3. The zero-order chi connectivity index (χ0) is 13.1. The summed E-state index contributed by atoms with van der Waals surface area (Å²) < 4.78 is 0. The molecule has 0 aliphatic heterocycles. The topological polar surface area (TPSA) is 48.0 Å². The molecular weight excluding hydrogens is 256 g/mol. The molecule has 0 aliphatic rings. The number of aliphatic hydroxyl groups is 1. The Morgan fingerprint density at radius 1 is 1.26 bits per heavy atom. The normalized spacial score (nSPS) is 12.9. The summed E-state index contributed by atoms with van der Waals surface area (Å²) in [6.45, 7) is 1.34. The highest BCUT2D eigenvalue weighted by Crippen LogP contribution is 2.16. The lowest BCUT2D eigenvalue weighted by atomic mass is 10.1. The second-order valence-corrected chi connectivity index (χ2v) is 5.38. The Labute approximate surface area is 115 Å². The summed E-state index contributed by atoms with van der Waals surface area (Å²) >= 11 is 1.61. The molecule has 0 spiro atoms. The van der Waals surface area contributed by atoms with E-state index in [1.54, 1.807) is 11.3 Å². The first-order chi connectivity index (χ1) is 9.33. The first-order valence-corrected chi connectivity index (χ1v) is 7.24. The fourth-order valence-electron chi connectivity index (χ4n) is 2.15. The van der Waals surface area contributed by atoms with E-state index in [0.717, 1.165) is 17.6 Å². The Morgan fingerprint density at radius 3 is 3.05 bits per heavy atom. The van der Waals surface area contributed by atoms with E-state index in [9.17, 15) is 5.11 Å². The minimum Gasteiger partial charge on any atom is -0.387 e. The standard InChI is InChI=1S/C15H16N2OS/c18-15(13-4-6-19-10-13)9-16-8-11-1-2-14-12(7-11)3-5-17-14/h1-7,10,15-18H,8-9H2. The minimum absolute atomic E-state index is 0.428. The van der Waals surface area contributed by atoms with Crippen LogP contribution in [0.5, 0.6) is 0 Å². The van der Waals surface area contributed by atoms with E-state index in [2.05, 4.69) is 34.6 Å². The highest BCUT2D eigenvalue weighted by molar-refractivity contribution is 7.07. The Balaban J connectivity index is 1.57. The summed E-state index contributed by atoms with van der Waals surface area (Å²) in [6.07, 6.45) is 1.52. The predicted molar refractivity (Wildman–Crippen MR) is 79.3 cm³/mol. The Hall–Kier alpha value is -1.62. The van der Waals surface area contributed by atoms with Crippen molar-refractivity contribution in [3.63, 3.8) is 0 Å². The fourth-order valence-corrected chi connectivity index (χ4v) is 2.86. The van der Waals surface area contributed by atoms with Gasteiger partial charge in [-0.2, -0.15) is 11.3 Å². The predicted octanol–water partition coefficient (Wildman–Crippen LogP) is 3.05. The number of rotatable bonds is 5. The maximum Gasteiger partial charge on any atom is 0.0922 e. The van der Waals surface area contributed by atoms with Gasteiger partial charge in [-0.15, -0.1) is 0 Å². The first kappa shape index (κ1) is 12.4. The minimum atomic E-state index is -0.428. The second-order valence-electron chi connectivity index (χ2n) is 4.60. The zero-order valence-corrected chi connectivity index (χ0v) is 11.3. The van der Waals surface area contributed by atoms with Crippen LogP contribution in [0.1, 0.15) is 17.2 Å². The third-order valence-electron chi connectivity index (χ3n) is 3.21. The van der Waals surface area contributed by atoms with Gasteiger partial charge < -0.3 is 15.4 Å². The molecule has 2 aromatic heterocycles. The van der Waals surface area contributed by atoms with Crippen molar-refractivity contribution < 1.29 is 5.11 Å². The summed E-state index contributed by atoms with van der Waals surface area (Å²) in [5.74, 6) is 0. The quantitative estimate of drug-likeness (QED) is 0.668. The number of H-pyrrole nitrogens is 1. The third kappa shape index (κ3) is 2.87. The van der Waals surface area contributed by atoms with Gasteiger partial charge in [0.2, 0.25) is 0 Å². The number of aromatic nitrogens is 1. The van der Waals surface area contributed by atoms with Gasteiger partial charge in [0.1, 0.15) is 0 Å². The molecule has 0 radical (unpaired) electrons. The van der Waals surface area contributed by atoms with E-state index in [-0.39, 0.29) is 0 Å². The van der Waals surface area contributed by atoms with Gasteiger partial charge in [-0.05, 0) is 51.5 Å². The monoisotopic (exact) mass is 272 g/mol. The molecule has 0 saturated carbocycles. The Bertz CT molecular complexity index is 645. The molecule has 3 nitrogen and oxygen atoms in total. The number of benzene rings is 1. The van der Waals surface area contributed by atoms with Crippen LogP contribution in [0.15, 0.2) is 47.3 Å². The van der Waals surface area contributed by atoms with E-state index >= 15 is 0 Å². The van der Waals surface area contributed by atoms with Crippen LogP contribution in [0.4, 0.5) is 0 Å². The van der Waals surface area contributed by atoms with Crippen molar-refractivity contribution >= 4 is 22.2 Å². The smallest absolute Gasteiger partial charge is 0.0922 e. The van der Waals surface area contributed by atoms with Gasteiger partial charge in [0, 0.05) is 24.8 Å². The van der Waals surface area contributed by atoms with E-state index in [0.29, 0.717) is 6.54 Å². The molecule has 0 bridgehead atoms. The van der Waals surface area contributed by atoms with Crippen molar-refractivity contribution in [1.29, 1.82) is 0 Å². The van der Waals surface area contributed by atoms with Crippen molar-refractivity contribution in [2.75, 3.05) is 6.54 Å². The maximum atomic E-state index is 9.97. The van der Waals surface area contributed by atoms with Crippen molar-refractivity contribution in [3.8, 4) is 0 Å². The highest BCUT2D eigenvalue weighted by atomic mass is 32.1. The molecule has 1 atom stereocenters. The Morgan fingerprint density at radius 2 is 2.21 bits per heavy atom. The number of hydrogen-bond acceptors (Lipinski definition) is 3. The fraction of sp³-hybridized carbons (Fsp3) is 0.200. The molecule has 19 heavy (non-hydrogen) atoms. The molecule has 4 heteroatoms. The second kappa shape index (κ2) is 5.57. The number of fused-ring (bicyclic) bond motifs is 1. The van der Waals surface area contributed by atoms with Crippen molar-refractivity contribution in [1.82, 2.24) is 10.3 Å². The first-order valence-electron chi connectivity index (χ1n) is 6.30. The zero-order valence-electron chi connectivity index (χ0n) is 10.5. The van der Waals surface area contributed by atoms with Gasteiger partial charge in [0.05, 0.1) is 6.10 Å². The molecule has 0 aliphatic carbocycles. The van der Waals surface area contributed by atoms with Gasteiger partial charge in [-0.1, -0.05) is 6.07 Å². The van der Waals surface area contributed by atoms with Crippen molar-refractivity contribution in [2.24, 2.45) is 0 Å². The Kier molecular flexibility index (Phi) is 3.64. The molecule has 3 aromatic rings. The molecule has 1 unspecified atom stereocenters. The summed E-state index contributed by atoms with van der Waals surface area (Å²) in [5, 5.41) is 18.4. The van der Waals surface area contributed by atoms with E-state index in [1.807, 2.05) is 23.0 Å². The van der Waals surface area contributed by atoms with Gasteiger partial charge in [-0.3, -0.25) is 0 Å². The van der Waals surface area contributed by atoms with Crippen LogP contribution in [0.2, 0.25) is 0 Å². The van der Waals surface area contributed by atoms with Crippen LogP contribution in [0, 0.1) is 0 Å². The van der Waals surface area contributed by atoms with Crippen LogP contribution in [0.3, 0.4) is 0 Å². The lowest BCUT2D eigenvalue weighted by Crippen LogP contribution is -2.20. The van der Waals surface area contributed by atoms with Gasteiger partial charge in [-0.25, -0.2) is 0 Å². The molecule has 98 valence electrons. The van der Waals surface area contributed by atoms with E-state index < -0.39 is 6.10 Å². The third-order valence-corrected chi connectivity index (χ3v) is 3.91. The summed E-state index contributed by atoms with van der Waals surface area (Å²) in [4.78, 5) is 3.18. The molecule has 0 amide bonds. The van der Waals surface area contributed by atoms with Crippen molar-refractivity contribution in [3.05, 3.63) is 58.4 Å².